The first-order valence-electron chi connectivity index (χ1n) is 6.09. The minimum Gasteiger partial charge on any atom is -0.508 e. The number of nitrogens with one attached hydrogen (secondary N) is 1. The Morgan fingerprint density at radius 1 is 1.20 bits per heavy atom. The molecule has 0 heterocycles. The predicted molar refractivity (Wildman–Crippen MR) is 76.7 cm³/mol. The Kier molecular flexibility index (Phi) is 4.10. The molecular weight excluding hydrogens is 256 g/mol. The summed E-state index contributed by atoms with van der Waals surface area (Å²) in [6.07, 6.45) is 0. The van der Waals surface area contributed by atoms with E-state index in [-0.39, 0.29) is 5.75 Å². The fourth-order valence-corrected chi connectivity index (χ4v) is 1.90. The normalized spacial score (nSPS) is 11.7. The van der Waals surface area contributed by atoms with Crippen LogP contribution in [-0.2, 0) is 4.79 Å². The summed E-state index contributed by atoms with van der Waals surface area (Å²) in [5, 5.41) is 12.3. The summed E-state index contributed by atoms with van der Waals surface area (Å²) in [4.78, 5) is 11.6. The number of aromatic hydroxyl groups is 1. The van der Waals surface area contributed by atoms with E-state index in [0.717, 1.165) is 0 Å². The number of rotatable bonds is 5. The Hall–Kier alpha value is -2.69. The van der Waals surface area contributed by atoms with Gasteiger partial charge in [0.2, 0.25) is 5.91 Å². The molecule has 0 aliphatic carbocycles. The number of benzene rings is 2. The van der Waals surface area contributed by atoms with Crippen LogP contribution < -0.4 is 15.8 Å². The molecule has 0 aliphatic heterocycles. The Balaban J connectivity index is 2.30. The van der Waals surface area contributed by atoms with Crippen LogP contribution in [-0.4, -0.2) is 18.1 Å². The van der Waals surface area contributed by atoms with Crippen molar-refractivity contribution in [2.75, 3.05) is 12.4 Å². The highest BCUT2D eigenvalue weighted by Crippen LogP contribution is 2.28. The number of anilines is 1. The maximum atomic E-state index is 11.6. The molecule has 0 bridgehead atoms. The number of phenolic OH excluding ortho intramolecular Hbond substituents is 1. The topological polar surface area (TPSA) is 84.6 Å². The fourth-order valence-electron chi connectivity index (χ4n) is 1.90. The molecule has 0 saturated heterocycles. The minimum atomic E-state index is -0.702. The molecule has 5 nitrogen and oxygen atoms in total. The fraction of sp³-hybridized carbons (Fsp3) is 0.133. The van der Waals surface area contributed by atoms with Crippen molar-refractivity contribution < 1.29 is 14.6 Å². The first-order chi connectivity index (χ1) is 9.61. The van der Waals surface area contributed by atoms with E-state index in [4.69, 9.17) is 10.5 Å². The van der Waals surface area contributed by atoms with Gasteiger partial charge < -0.3 is 20.9 Å². The van der Waals surface area contributed by atoms with Gasteiger partial charge in [0.05, 0.1) is 12.8 Å². The van der Waals surface area contributed by atoms with E-state index in [2.05, 4.69) is 5.32 Å². The van der Waals surface area contributed by atoms with E-state index in [1.165, 1.54) is 12.1 Å². The number of nitrogens with two attached hydrogens (primary N) is 1. The van der Waals surface area contributed by atoms with Crippen LogP contribution in [0.5, 0.6) is 11.5 Å². The lowest BCUT2D eigenvalue weighted by Gasteiger charge is -2.19. The lowest BCUT2D eigenvalue weighted by Crippen LogP contribution is -2.27. The van der Waals surface area contributed by atoms with Crippen LogP contribution in [0.1, 0.15) is 11.6 Å². The molecule has 0 saturated carbocycles. The summed E-state index contributed by atoms with van der Waals surface area (Å²) >= 11 is 0. The molecule has 0 spiro atoms. The van der Waals surface area contributed by atoms with Gasteiger partial charge in [-0.15, -0.1) is 0 Å². The molecule has 0 aromatic heterocycles. The molecule has 5 heteroatoms. The molecule has 0 fully saturated rings. The van der Waals surface area contributed by atoms with Gasteiger partial charge in [-0.1, -0.05) is 24.3 Å². The summed E-state index contributed by atoms with van der Waals surface area (Å²) < 4.78 is 5.23. The maximum absolute atomic E-state index is 11.6. The standard InChI is InChI=1S/C15H16N2O3/c1-20-13-5-3-2-4-12(13)17-14(15(16)19)10-6-8-11(18)9-7-10/h2-9,14,17-18H,1H3,(H2,16,19). The van der Waals surface area contributed by atoms with Gasteiger partial charge in [-0.25, -0.2) is 0 Å². The summed E-state index contributed by atoms with van der Waals surface area (Å²) in [6.45, 7) is 0. The van der Waals surface area contributed by atoms with Crippen molar-refractivity contribution in [3.8, 4) is 11.5 Å². The Morgan fingerprint density at radius 2 is 1.85 bits per heavy atom. The van der Waals surface area contributed by atoms with Crippen LogP contribution in [0.4, 0.5) is 5.69 Å². The first kappa shape index (κ1) is 13.7. The molecule has 2 rings (SSSR count). The van der Waals surface area contributed by atoms with Crippen LogP contribution in [0.3, 0.4) is 0 Å². The number of para-hydroxylation sites is 2. The van der Waals surface area contributed by atoms with Crippen LogP contribution in [0, 0.1) is 0 Å². The Morgan fingerprint density at radius 3 is 2.45 bits per heavy atom. The number of carbonyl (C=O) groups excluding carboxylic acids is 1. The molecule has 4 N–H and O–H groups in total. The lowest BCUT2D eigenvalue weighted by atomic mass is 10.1. The van der Waals surface area contributed by atoms with Gasteiger partial charge in [-0.05, 0) is 29.8 Å². The Labute approximate surface area is 117 Å². The third kappa shape index (κ3) is 3.00. The van der Waals surface area contributed by atoms with Crippen molar-refractivity contribution in [2.45, 2.75) is 6.04 Å². The van der Waals surface area contributed by atoms with Gasteiger partial charge in [0.1, 0.15) is 17.5 Å². The second-order valence-corrected chi connectivity index (χ2v) is 4.27. The third-order valence-electron chi connectivity index (χ3n) is 2.92. The SMILES string of the molecule is COc1ccccc1NC(C(N)=O)c1ccc(O)cc1. The average molecular weight is 272 g/mol. The smallest absolute Gasteiger partial charge is 0.244 e. The van der Waals surface area contributed by atoms with Gasteiger partial charge in [-0.3, -0.25) is 4.79 Å². The van der Waals surface area contributed by atoms with Gasteiger partial charge in [0, 0.05) is 0 Å². The van der Waals surface area contributed by atoms with E-state index < -0.39 is 11.9 Å². The monoisotopic (exact) mass is 272 g/mol. The van der Waals surface area contributed by atoms with Gasteiger partial charge >= 0.3 is 0 Å². The first-order valence-corrected chi connectivity index (χ1v) is 6.09. The predicted octanol–water partition coefficient (Wildman–Crippen LogP) is 2.04. The van der Waals surface area contributed by atoms with Gasteiger partial charge in [-0.2, -0.15) is 0 Å². The zero-order valence-corrected chi connectivity index (χ0v) is 11.0. The molecule has 104 valence electrons. The van der Waals surface area contributed by atoms with Crippen molar-refractivity contribution in [3.05, 3.63) is 54.1 Å². The third-order valence-corrected chi connectivity index (χ3v) is 2.92. The molecule has 1 atom stereocenters. The average Bonchev–Trinajstić information content (AvgIpc) is 2.46. The highest BCUT2D eigenvalue weighted by atomic mass is 16.5. The van der Waals surface area contributed by atoms with Crippen molar-refractivity contribution in [3.63, 3.8) is 0 Å². The van der Waals surface area contributed by atoms with Crippen molar-refractivity contribution >= 4 is 11.6 Å². The zero-order valence-electron chi connectivity index (χ0n) is 11.0. The summed E-state index contributed by atoms with van der Waals surface area (Å²) in [5.74, 6) is 0.244. The van der Waals surface area contributed by atoms with E-state index in [9.17, 15) is 9.90 Å². The van der Waals surface area contributed by atoms with Crippen molar-refractivity contribution in [1.82, 2.24) is 0 Å². The number of carbonyl (C=O) groups is 1. The van der Waals surface area contributed by atoms with E-state index in [1.54, 1.807) is 31.4 Å². The molecular formula is C15H16N2O3. The molecule has 1 unspecified atom stereocenters. The van der Waals surface area contributed by atoms with Crippen LogP contribution in [0.15, 0.2) is 48.5 Å². The van der Waals surface area contributed by atoms with Crippen LogP contribution in [0.2, 0.25) is 0 Å². The number of ether oxygens (including phenoxy) is 1. The molecule has 20 heavy (non-hydrogen) atoms. The van der Waals surface area contributed by atoms with Gasteiger partial charge in [0.15, 0.2) is 0 Å². The summed E-state index contributed by atoms with van der Waals surface area (Å²) in [5.41, 5.74) is 6.78. The number of methoxy groups -OCH3 is 1. The highest BCUT2D eigenvalue weighted by molar-refractivity contribution is 5.85. The second-order valence-electron chi connectivity index (χ2n) is 4.27. The number of primary amides is 1. The Bertz CT molecular complexity index is 596. The molecule has 0 aliphatic rings. The molecule has 2 aromatic carbocycles. The second kappa shape index (κ2) is 5.97. The number of phenols is 1. The number of hydrogen-bond donors (Lipinski definition) is 3. The molecule has 0 radical (unpaired) electrons. The maximum Gasteiger partial charge on any atom is 0.244 e. The van der Waals surface area contributed by atoms with Crippen molar-refractivity contribution in [1.29, 1.82) is 0 Å². The molecule has 2 aromatic rings. The van der Waals surface area contributed by atoms with E-state index in [1.807, 2.05) is 12.1 Å². The number of amides is 1. The quantitative estimate of drug-likeness (QED) is 0.777. The van der Waals surface area contributed by atoms with Crippen LogP contribution >= 0.6 is 0 Å². The van der Waals surface area contributed by atoms with Gasteiger partial charge in [0.25, 0.3) is 0 Å². The highest BCUT2D eigenvalue weighted by Gasteiger charge is 2.19. The summed E-state index contributed by atoms with van der Waals surface area (Å²) in [7, 11) is 1.56. The number of hydrogen-bond acceptors (Lipinski definition) is 4. The summed E-state index contributed by atoms with van der Waals surface area (Å²) in [6, 6.07) is 12.9. The zero-order chi connectivity index (χ0) is 14.5. The lowest BCUT2D eigenvalue weighted by molar-refractivity contribution is -0.118. The van der Waals surface area contributed by atoms with Crippen molar-refractivity contribution in [2.24, 2.45) is 5.73 Å². The van der Waals surface area contributed by atoms with E-state index >= 15 is 0 Å². The largest absolute Gasteiger partial charge is 0.508 e. The van der Waals surface area contributed by atoms with E-state index in [0.29, 0.717) is 17.0 Å². The van der Waals surface area contributed by atoms with Crippen LogP contribution in [0.25, 0.3) is 0 Å². The molecule has 1 amide bonds. The minimum absolute atomic E-state index is 0.134.